The van der Waals surface area contributed by atoms with Crippen LogP contribution in [0.2, 0.25) is 0 Å². The smallest absolute Gasteiger partial charge is 0.331 e. The van der Waals surface area contributed by atoms with Crippen molar-refractivity contribution >= 4 is 29.4 Å². The van der Waals surface area contributed by atoms with Crippen LogP contribution in [0.15, 0.2) is 36.4 Å². The fourth-order valence-corrected chi connectivity index (χ4v) is 5.41. The van der Waals surface area contributed by atoms with Crippen molar-refractivity contribution in [2.75, 3.05) is 11.6 Å². The lowest BCUT2D eigenvalue weighted by Gasteiger charge is -2.40. The zero-order chi connectivity index (χ0) is 24.6. The van der Waals surface area contributed by atoms with E-state index in [9.17, 15) is 18.4 Å². The number of aryl methyl sites for hydroxylation is 1. The maximum Gasteiger partial charge on any atom is 0.352 e. The van der Waals surface area contributed by atoms with E-state index in [1.165, 1.54) is 42.0 Å². The Morgan fingerprint density at radius 1 is 1.03 bits per heavy atom. The maximum atomic E-state index is 15.4. The number of hydrogen-bond donors (Lipinski definition) is 2. The van der Waals surface area contributed by atoms with Crippen molar-refractivity contribution in [1.82, 2.24) is 9.62 Å². The summed E-state index contributed by atoms with van der Waals surface area (Å²) in [5.74, 6) is -8.07. The molecule has 0 radical (unpaired) electrons. The number of fused-ring (bicyclic) bond motifs is 2. The number of benzene rings is 2. The van der Waals surface area contributed by atoms with Gasteiger partial charge in [-0.1, -0.05) is 11.9 Å². The molecule has 0 aromatic heterocycles. The number of carbonyl (C=O) groups is 2. The zero-order valence-electron chi connectivity index (χ0n) is 18.7. The first kappa shape index (κ1) is 24.5. The average Bonchev–Trinajstić information content (AvgIpc) is 3.05. The van der Waals surface area contributed by atoms with E-state index < -0.39 is 34.9 Å². The molecule has 5 nitrogen and oxygen atoms in total. The predicted molar refractivity (Wildman–Crippen MR) is 123 cm³/mol. The summed E-state index contributed by atoms with van der Waals surface area (Å²) in [4.78, 5) is 26.8. The third kappa shape index (κ3) is 4.65. The summed E-state index contributed by atoms with van der Waals surface area (Å²) >= 11 is 1.45. The Morgan fingerprint density at radius 2 is 1.68 bits per heavy atom. The van der Waals surface area contributed by atoms with Crippen LogP contribution < -0.4 is 10.0 Å². The largest absolute Gasteiger partial charge is 0.352 e. The number of nitrogens with zero attached hydrogens (tertiary/aromatic N) is 1. The first-order valence-electron chi connectivity index (χ1n) is 11.0. The van der Waals surface area contributed by atoms with Gasteiger partial charge in [-0.25, -0.2) is 8.78 Å². The lowest BCUT2D eigenvalue weighted by molar-refractivity contribution is -0.164. The molecule has 2 aromatic rings. The van der Waals surface area contributed by atoms with E-state index in [-0.39, 0.29) is 29.4 Å². The minimum Gasteiger partial charge on any atom is -0.331 e. The number of anilines is 1. The Bertz CT molecular complexity index is 1100. The molecule has 2 fully saturated rings. The normalized spacial score (nSPS) is 22.1. The highest BCUT2D eigenvalue weighted by Gasteiger charge is 2.53. The van der Waals surface area contributed by atoms with Gasteiger partial charge in [0.1, 0.15) is 11.6 Å². The standard InChI is InChI=1S/C24H25F4N3O2S/c1-13-9-15(4-8-20(13)25)29-22(32)14-3-7-21(26)19(10-14)24(27,28)23(33)31-17-5-6-18(31)12-16(11-17)30-34-2/h3-4,7-10,16-18,30H,5-6,11-12H2,1-2H3,(H,29,32)/t16?,17-,18?/m1/s1. The van der Waals surface area contributed by atoms with Gasteiger partial charge in [-0.2, -0.15) is 8.78 Å². The fraction of sp³-hybridized carbons (Fsp3) is 0.417. The molecule has 2 aliphatic heterocycles. The van der Waals surface area contributed by atoms with Crippen LogP contribution in [0.3, 0.4) is 0 Å². The Hall–Kier alpha value is -2.59. The molecule has 182 valence electrons. The van der Waals surface area contributed by atoms with E-state index in [1.54, 1.807) is 0 Å². The first-order valence-corrected chi connectivity index (χ1v) is 12.2. The molecular weight excluding hydrogens is 470 g/mol. The molecule has 2 unspecified atom stereocenters. The van der Waals surface area contributed by atoms with Crippen molar-refractivity contribution < 1.29 is 27.2 Å². The zero-order valence-corrected chi connectivity index (χ0v) is 19.5. The first-order chi connectivity index (χ1) is 16.1. The summed E-state index contributed by atoms with van der Waals surface area (Å²) in [5.41, 5.74) is -0.822. The highest BCUT2D eigenvalue weighted by Crippen LogP contribution is 2.42. The minimum absolute atomic E-state index is 0.129. The van der Waals surface area contributed by atoms with Crippen LogP contribution in [-0.4, -0.2) is 41.1 Å². The SMILES string of the molecule is CSNC1CC2CC[C@H](C1)N2C(=O)C(F)(F)c1cc(C(=O)Nc2ccc(F)c(C)c2)ccc1F. The van der Waals surface area contributed by atoms with E-state index in [0.29, 0.717) is 37.3 Å². The lowest BCUT2D eigenvalue weighted by atomic mass is 9.95. The fourth-order valence-electron chi connectivity index (χ4n) is 4.88. The maximum absolute atomic E-state index is 15.4. The second kappa shape index (κ2) is 9.58. The number of hydrogen-bond acceptors (Lipinski definition) is 4. The van der Waals surface area contributed by atoms with Crippen LogP contribution in [0.25, 0.3) is 0 Å². The molecular formula is C24H25F4N3O2S. The van der Waals surface area contributed by atoms with Gasteiger partial charge in [-0.15, -0.1) is 0 Å². The molecule has 2 heterocycles. The number of carbonyl (C=O) groups excluding carboxylic acids is 2. The van der Waals surface area contributed by atoms with Gasteiger partial charge in [0.05, 0.1) is 5.56 Å². The predicted octanol–water partition coefficient (Wildman–Crippen LogP) is 5.01. The van der Waals surface area contributed by atoms with Gasteiger partial charge in [0.2, 0.25) is 0 Å². The molecule has 10 heteroatoms. The highest BCUT2D eigenvalue weighted by molar-refractivity contribution is 7.96. The van der Waals surface area contributed by atoms with Gasteiger partial charge in [0, 0.05) is 29.4 Å². The summed E-state index contributed by atoms with van der Waals surface area (Å²) in [7, 11) is 0. The molecule has 2 aromatic carbocycles. The molecule has 2 bridgehead atoms. The third-order valence-electron chi connectivity index (χ3n) is 6.50. The van der Waals surface area contributed by atoms with Crippen molar-refractivity contribution in [2.45, 2.75) is 56.7 Å². The van der Waals surface area contributed by atoms with Crippen LogP contribution in [0.4, 0.5) is 23.2 Å². The molecule has 0 spiro atoms. The van der Waals surface area contributed by atoms with Crippen molar-refractivity contribution in [3.63, 3.8) is 0 Å². The van der Waals surface area contributed by atoms with Crippen LogP contribution >= 0.6 is 11.9 Å². The number of amides is 2. The second-order valence-electron chi connectivity index (χ2n) is 8.77. The quantitative estimate of drug-likeness (QED) is 0.437. The van der Waals surface area contributed by atoms with E-state index in [0.717, 1.165) is 12.1 Å². The lowest BCUT2D eigenvalue weighted by Crippen LogP contribution is -2.54. The summed E-state index contributed by atoms with van der Waals surface area (Å²) in [6.07, 6.45) is 4.25. The minimum atomic E-state index is -4.13. The van der Waals surface area contributed by atoms with Crippen LogP contribution in [-0.2, 0) is 10.7 Å². The summed E-state index contributed by atoms with van der Waals surface area (Å²) < 4.78 is 61.9. The molecule has 2 amide bonds. The monoisotopic (exact) mass is 495 g/mol. The van der Waals surface area contributed by atoms with Gasteiger partial charge in [-0.3, -0.25) is 14.3 Å². The number of nitrogens with one attached hydrogen (secondary N) is 2. The van der Waals surface area contributed by atoms with E-state index in [4.69, 9.17) is 0 Å². The van der Waals surface area contributed by atoms with Gasteiger partial charge in [-0.05, 0) is 80.8 Å². The molecule has 0 saturated carbocycles. The topological polar surface area (TPSA) is 61.4 Å². The van der Waals surface area contributed by atoms with Crippen molar-refractivity contribution in [1.29, 1.82) is 0 Å². The molecule has 3 atom stereocenters. The van der Waals surface area contributed by atoms with E-state index in [1.807, 2.05) is 6.26 Å². The molecule has 4 rings (SSSR count). The van der Waals surface area contributed by atoms with Crippen molar-refractivity contribution in [2.24, 2.45) is 0 Å². The molecule has 0 aliphatic carbocycles. The second-order valence-corrected chi connectivity index (χ2v) is 9.42. The average molecular weight is 496 g/mol. The number of alkyl halides is 2. The van der Waals surface area contributed by atoms with E-state index >= 15 is 8.78 Å². The summed E-state index contributed by atoms with van der Waals surface area (Å²) in [6.45, 7) is 1.51. The summed E-state index contributed by atoms with van der Waals surface area (Å²) in [6, 6.07) is 5.87. The molecule has 2 N–H and O–H groups in total. The van der Waals surface area contributed by atoms with Crippen LogP contribution in [0.1, 0.15) is 47.2 Å². The molecule has 2 saturated heterocycles. The van der Waals surface area contributed by atoms with Crippen LogP contribution in [0.5, 0.6) is 0 Å². The Balaban J connectivity index is 1.56. The van der Waals surface area contributed by atoms with Gasteiger partial charge in [0.15, 0.2) is 0 Å². The van der Waals surface area contributed by atoms with Crippen molar-refractivity contribution in [3.8, 4) is 0 Å². The summed E-state index contributed by atoms with van der Waals surface area (Å²) in [5, 5.41) is 2.48. The van der Waals surface area contributed by atoms with Gasteiger partial charge >= 0.3 is 5.92 Å². The highest BCUT2D eigenvalue weighted by atomic mass is 32.2. The van der Waals surface area contributed by atoms with Crippen LogP contribution in [0, 0.1) is 18.6 Å². The van der Waals surface area contributed by atoms with Gasteiger partial charge < -0.3 is 10.2 Å². The number of piperidine rings is 1. The number of halogens is 4. The Labute approximate surface area is 199 Å². The Kier molecular flexibility index (Phi) is 6.91. The van der Waals surface area contributed by atoms with Gasteiger partial charge in [0.25, 0.3) is 11.8 Å². The third-order valence-corrected chi connectivity index (χ3v) is 7.07. The molecule has 2 aliphatic rings. The van der Waals surface area contributed by atoms with Crippen molar-refractivity contribution in [3.05, 3.63) is 64.7 Å². The number of rotatable bonds is 6. The molecule has 34 heavy (non-hydrogen) atoms. The van der Waals surface area contributed by atoms with E-state index in [2.05, 4.69) is 10.0 Å². The Morgan fingerprint density at radius 3 is 2.29 bits per heavy atom.